The summed E-state index contributed by atoms with van der Waals surface area (Å²) >= 11 is 0. The summed E-state index contributed by atoms with van der Waals surface area (Å²) in [5.41, 5.74) is 3.63. The van der Waals surface area contributed by atoms with Crippen molar-refractivity contribution in [3.63, 3.8) is 0 Å². The summed E-state index contributed by atoms with van der Waals surface area (Å²) in [6.45, 7) is 8.88. The molecule has 7 atom stereocenters. The topological polar surface area (TPSA) is 92.2 Å². The molecule has 4 nitrogen and oxygen atoms in total. The summed E-state index contributed by atoms with van der Waals surface area (Å²) in [5, 5.41) is 30.4. The molecule has 0 aromatic rings. The molecule has 0 radical (unpaired) electrons. The van der Waals surface area contributed by atoms with E-state index in [1.54, 1.807) is 0 Å². The maximum atomic E-state index is 10.2. The summed E-state index contributed by atoms with van der Waals surface area (Å²) in [7, 11) is 0. The minimum Gasteiger partial charge on any atom is -0.412 e. The minimum absolute atomic E-state index is 0. The molecule has 31 heavy (non-hydrogen) atoms. The molecule has 4 saturated carbocycles. The second-order valence-electron chi connectivity index (χ2n) is 10.7. The van der Waals surface area contributed by atoms with E-state index in [9.17, 15) is 15.3 Å². The summed E-state index contributed by atoms with van der Waals surface area (Å²) in [5.74, 6) is 2.28. The Morgan fingerprint density at radius 2 is 1.84 bits per heavy atom. The van der Waals surface area contributed by atoms with E-state index in [4.69, 9.17) is 0 Å². The van der Waals surface area contributed by atoms with Crippen LogP contribution in [0.15, 0.2) is 47.6 Å². The van der Waals surface area contributed by atoms with Gasteiger partial charge in [-0.1, -0.05) is 50.3 Å². The van der Waals surface area contributed by atoms with Crippen molar-refractivity contribution in [2.75, 3.05) is 0 Å². The Morgan fingerprint density at radius 3 is 2.55 bits per heavy atom. The third-order valence-corrected chi connectivity index (χ3v) is 8.65. The first-order valence-electron chi connectivity index (χ1n) is 12.1. The van der Waals surface area contributed by atoms with E-state index in [-0.39, 0.29) is 11.6 Å². The van der Waals surface area contributed by atoms with Crippen LogP contribution in [0, 0.1) is 29.1 Å². The molecule has 0 aromatic carbocycles. The average Bonchev–Trinajstić information content (AvgIpc) is 3.49. The first-order chi connectivity index (χ1) is 14.3. The lowest BCUT2D eigenvalue weighted by Gasteiger charge is -2.44. The highest BCUT2D eigenvalue weighted by Gasteiger charge is 2.50. The van der Waals surface area contributed by atoms with Gasteiger partial charge in [0.25, 0.3) is 0 Å². The zero-order valence-electron chi connectivity index (χ0n) is 19.3. The maximum Gasteiger partial charge on any atom is 0.0811 e. The van der Waals surface area contributed by atoms with Gasteiger partial charge in [-0.15, -0.1) is 0 Å². The van der Waals surface area contributed by atoms with Gasteiger partial charge < -0.3 is 20.8 Å². The fourth-order valence-corrected chi connectivity index (χ4v) is 6.63. The lowest BCUT2D eigenvalue weighted by atomic mass is 9.61. The van der Waals surface area contributed by atoms with Gasteiger partial charge in [-0.3, -0.25) is 0 Å². The Kier molecular flexibility index (Phi) is 7.68. The maximum absolute atomic E-state index is 10.2. The van der Waals surface area contributed by atoms with E-state index < -0.39 is 12.2 Å². The van der Waals surface area contributed by atoms with E-state index >= 15 is 0 Å². The van der Waals surface area contributed by atoms with Gasteiger partial charge in [-0.2, -0.15) is 0 Å². The van der Waals surface area contributed by atoms with Crippen LogP contribution in [0.4, 0.5) is 0 Å². The zero-order valence-corrected chi connectivity index (χ0v) is 19.3. The lowest BCUT2D eigenvalue weighted by molar-refractivity contribution is 0.0862. The Balaban J connectivity index is 0.00000272. The first kappa shape index (κ1) is 24.4. The van der Waals surface area contributed by atoms with Gasteiger partial charge in [0.15, 0.2) is 0 Å². The molecular formula is C27H42O4. The lowest BCUT2D eigenvalue weighted by Crippen LogP contribution is -2.35. The van der Waals surface area contributed by atoms with Crippen LogP contribution < -0.4 is 0 Å². The van der Waals surface area contributed by atoms with Crippen molar-refractivity contribution < 1.29 is 20.8 Å². The molecule has 4 aliphatic rings. The molecule has 0 saturated heterocycles. The SMILES string of the molecule is C=C1/C(=C\C=C2/CCC[C@]3(C)[C@@H]([C@H](C)/C=C/C(O)C4CC4)CC[C@@H]23)C[C@@H](O)C[C@@H]1O.O. The van der Waals surface area contributed by atoms with Crippen molar-refractivity contribution in [1.29, 1.82) is 0 Å². The van der Waals surface area contributed by atoms with Crippen LogP contribution in [0.2, 0.25) is 0 Å². The van der Waals surface area contributed by atoms with Gasteiger partial charge in [0, 0.05) is 6.42 Å². The normalized spacial score (nSPS) is 40.7. The second kappa shape index (κ2) is 9.74. The molecule has 0 heterocycles. The number of hydrogen-bond donors (Lipinski definition) is 3. The molecule has 4 fully saturated rings. The Labute approximate surface area is 187 Å². The molecular weight excluding hydrogens is 388 g/mol. The highest BCUT2D eigenvalue weighted by Crippen LogP contribution is 2.59. The molecule has 0 aliphatic heterocycles. The van der Waals surface area contributed by atoms with Crippen molar-refractivity contribution in [1.82, 2.24) is 0 Å². The molecule has 0 bridgehead atoms. The molecule has 0 spiro atoms. The highest BCUT2D eigenvalue weighted by atomic mass is 16.3. The Morgan fingerprint density at radius 1 is 1.10 bits per heavy atom. The Bertz CT molecular complexity index is 746. The van der Waals surface area contributed by atoms with E-state index in [0.29, 0.717) is 41.9 Å². The van der Waals surface area contributed by atoms with Crippen molar-refractivity contribution >= 4 is 0 Å². The number of allylic oxidation sites excluding steroid dienone is 4. The van der Waals surface area contributed by atoms with Crippen LogP contribution >= 0.6 is 0 Å². The van der Waals surface area contributed by atoms with Crippen LogP contribution in [0.3, 0.4) is 0 Å². The number of aliphatic hydroxyl groups is 3. The highest BCUT2D eigenvalue weighted by molar-refractivity contribution is 5.38. The van der Waals surface area contributed by atoms with Crippen molar-refractivity contribution in [3.05, 3.63) is 47.6 Å². The summed E-state index contributed by atoms with van der Waals surface area (Å²) < 4.78 is 0. The molecule has 174 valence electrons. The smallest absolute Gasteiger partial charge is 0.0811 e. The fourth-order valence-electron chi connectivity index (χ4n) is 6.63. The predicted octanol–water partition coefficient (Wildman–Crippen LogP) is 4.27. The van der Waals surface area contributed by atoms with E-state index in [2.05, 4.69) is 44.7 Å². The van der Waals surface area contributed by atoms with Gasteiger partial charge in [0.1, 0.15) is 0 Å². The predicted molar refractivity (Wildman–Crippen MR) is 125 cm³/mol. The molecule has 0 amide bonds. The quantitative estimate of drug-likeness (QED) is 0.569. The van der Waals surface area contributed by atoms with Gasteiger partial charge in [-0.25, -0.2) is 0 Å². The average molecular weight is 431 g/mol. The fraction of sp³-hybridized carbons (Fsp3) is 0.704. The van der Waals surface area contributed by atoms with E-state index in [1.165, 1.54) is 44.1 Å². The van der Waals surface area contributed by atoms with Crippen molar-refractivity contribution in [2.24, 2.45) is 29.1 Å². The van der Waals surface area contributed by atoms with Gasteiger partial charge >= 0.3 is 0 Å². The third-order valence-electron chi connectivity index (χ3n) is 8.65. The largest absolute Gasteiger partial charge is 0.412 e. The number of rotatable bonds is 5. The number of fused-ring (bicyclic) bond motifs is 1. The molecule has 0 aromatic heterocycles. The number of hydrogen-bond acceptors (Lipinski definition) is 3. The zero-order chi connectivity index (χ0) is 21.5. The van der Waals surface area contributed by atoms with Crippen molar-refractivity contribution in [2.45, 2.75) is 89.9 Å². The standard InChI is InChI=1S/C27H40O3.H2O/c1-17(6-13-25(29)20-8-9-20)23-11-12-24-19(5-4-14-27(23,24)3)7-10-21-15-22(28)16-26(30)18(21)2;/h6-7,10,13,17,20,22-26,28-30H,2,4-5,8-9,11-12,14-16H2,1,3H3;1H2/b13-6+,19-7+,21-10-;/t17-,22-,23-,24+,25?,26+,27-;/m1./s1. The van der Waals surface area contributed by atoms with Crippen LogP contribution in [0.25, 0.3) is 0 Å². The molecule has 1 unspecified atom stereocenters. The van der Waals surface area contributed by atoms with E-state index in [1.807, 2.05) is 0 Å². The summed E-state index contributed by atoms with van der Waals surface area (Å²) in [6.07, 6.45) is 16.9. The van der Waals surface area contributed by atoms with Gasteiger partial charge in [0.05, 0.1) is 18.3 Å². The minimum atomic E-state index is -0.621. The van der Waals surface area contributed by atoms with Crippen LogP contribution in [-0.2, 0) is 0 Å². The first-order valence-corrected chi connectivity index (χ1v) is 12.1. The summed E-state index contributed by atoms with van der Waals surface area (Å²) in [6, 6.07) is 0. The monoisotopic (exact) mass is 430 g/mol. The summed E-state index contributed by atoms with van der Waals surface area (Å²) in [4.78, 5) is 0. The molecule has 4 aliphatic carbocycles. The van der Waals surface area contributed by atoms with E-state index in [0.717, 1.165) is 17.6 Å². The molecule has 5 N–H and O–H groups in total. The number of aliphatic hydroxyl groups excluding tert-OH is 3. The van der Waals surface area contributed by atoms with Crippen LogP contribution in [-0.4, -0.2) is 39.1 Å². The van der Waals surface area contributed by atoms with Gasteiger partial charge in [0.2, 0.25) is 0 Å². The van der Waals surface area contributed by atoms with Crippen molar-refractivity contribution in [3.8, 4) is 0 Å². The second-order valence-corrected chi connectivity index (χ2v) is 10.7. The van der Waals surface area contributed by atoms with Crippen LogP contribution in [0.1, 0.15) is 71.6 Å². The Hall–Kier alpha value is -1.20. The van der Waals surface area contributed by atoms with Crippen LogP contribution in [0.5, 0.6) is 0 Å². The third kappa shape index (κ3) is 5.08. The molecule has 4 rings (SSSR count). The molecule has 4 heteroatoms. The van der Waals surface area contributed by atoms with Gasteiger partial charge in [-0.05, 0) is 91.6 Å².